The zero-order valence-electron chi connectivity index (χ0n) is 12.1. The number of nitrogens with one attached hydrogen (secondary N) is 2. The molecule has 0 atom stereocenters. The second-order valence-corrected chi connectivity index (χ2v) is 5.95. The Balaban J connectivity index is 1.81. The van der Waals surface area contributed by atoms with E-state index in [-0.39, 0.29) is 18.4 Å². The molecule has 1 heterocycles. The fraction of sp³-hybridized carbons (Fsp3) is 0.250. The Morgan fingerprint density at radius 1 is 1.10 bits per heavy atom. The first-order chi connectivity index (χ1) is 10.0. The molecule has 0 fully saturated rings. The Morgan fingerprint density at radius 3 is 2.43 bits per heavy atom. The molecule has 110 valence electrons. The molecule has 0 aliphatic rings. The number of hydrogen-bond donors (Lipinski definition) is 2. The molecule has 21 heavy (non-hydrogen) atoms. The molecule has 0 bridgehead atoms. The SMILES string of the molecule is Cc1cc(C)cc(C(=O)NCC(=O)NCc2cccs2)c1. The molecule has 5 heteroatoms. The van der Waals surface area contributed by atoms with Crippen LogP contribution in [0.2, 0.25) is 0 Å². The van der Waals surface area contributed by atoms with E-state index in [4.69, 9.17) is 0 Å². The van der Waals surface area contributed by atoms with Crippen molar-refractivity contribution >= 4 is 23.2 Å². The van der Waals surface area contributed by atoms with Crippen LogP contribution >= 0.6 is 11.3 Å². The van der Waals surface area contributed by atoms with Gasteiger partial charge in [0.15, 0.2) is 0 Å². The Labute approximate surface area is 128 Å². The molecular formula is C16H18N2O2S. The first-order valence-corrected chi connectivity index (χ1v) is 7.58. The molecule has 0 unspecified atom stereocenters. The van der Waals surface area contributed by atoms with Gasteiger partial charge in [0.05, 0.1) is 13.1 Å². The Kier molecular flexibility index (Phi) is 5.11. The second kappa shape index (κ2) is 7.04. The summed E-state index contributed by atoms with van der Waals surface area (Å²) in [6.07, 6.45) is 0. The summed E-state index contributed by atoms with van der Waals surface area (Å²) in [4.78, 5) is 24.8. The van der Waals surface area contributed by atoms with E-state index in [1.54, 1.807) is 11.3 Å². The van der Waals surface area contributed by atoms with Crippen LogP contribution in [0.1, 0.15) is 26.4 Å². The van der Waals surface area contributed by atoms with E-state index in [2.05, 4.69) is 10.6 Å². The fourth-order valence-electron chi connectivity index (χ4n) is 2.03. The van der Waals surface area contributed by atoms with E-state index in [1.807, 2.05) is 49.6 Å². The normalized spacial score (nSPS) is 10.2. The van der Waals surface area contributed by atoms with E-state index in [9.17, 15) is 9.59 Å². The molecule has 0 spiro atoms. The summed E-state index contributed by atoms with van der Waals surface area (Å²) < 4.78 is 0. The number of carbonyl (C=O) groups excluding carboxylic acids is 2. The zero-order chi connectivity index (χ0) is 15.2. The fourth-order valence-corrected chi connectivity index (χ4v) is 2.67. The molecule has 2 amide bonds. The number of amides is 2. The van der Waals surface area contributed by atoms with Gasteiger partial charge in [-0.05, 0) is 37.4 Å². The molecule has 1 aromatic heterocycles. The number of aryl methyl sites for hydroxylation is 2. The maximum Gasteiger partial charge on any atom is 0.251 e. The monoisotopic (exact) mass is 302 g/mol. The van der Waals surface area contributed by atoms with Gasteiger partial charge < -0.3 is 10.6 Å². The largest absolute Gasteiger partial charge is 0.350 e. The number of hydrogen-bond acceptors (Lipinski definition) is 3. The molecule has 2 N–H and O–H groups in total. The molecule has 0 aliphatic carbocycles. The van der Waals surface area contributed by atoms with Crippen LogP contribution in [0.4, 0.5) is 0 Å². The van der Waals surface area contributed by atoms with Gasteiger partial charge in [0.1, 0.15) is 0 Å². The third-order valence-corrected chi connectivity index (χ3v) is 3.81. The van der Waals surface area contributed by atoms with Gasteiger partial charge >= 0.3 is 0 Å². The smallest absolute Gasteiger partial charge is 0.251 e. The lowest BCUT2D eigenvalue weighted by molar-refractivity contribution is -0.120. The summed E-state index contributed by atoms with van der Waals surface area (Å²) in [5.74, 6) is -0.422. The van der Waals surface area contributed by atoms with Crippen LogP contribution in [0.3, 0.4) is 0 Å². The molecule has 2 aromatic rings. The summed E-state index contributed by atoms with van der Waals surface area (Å²) in [6.45, 7) is 4.36. The molecule has 0 radical (unpaired) electrons. The summed E-state index contributed by atoms with van der Waals surface area (Å²) in [7, 11) is 0. The van der Waals surface area contributed by atoms with Gasteiger partial charge in [-0.2, -0.15) is 0 Å². The lowest BCUT2D eigenvalue weighted by Gasteiger charge is -2.07. The van der Waals surface area contributed by atoms with Crippen molar-refractivity contribution < 1.29 is 9.59 Å². The van der Waals surface area contributed by atoms with Crippen molar-refractivity contribution in [1.29, 1.82) is 0 Å². The van der Waals surface area contributed by atoms with Crippen molar-refractivity contribution in [3.63, 3.8) is 0 Å². The van der Waals surface area contributed by atoms with E-state index in [1.165, 1.54) is 0 Å². The van der Waals surface area contributed by atoms with Crippen molar-refractivity contribution in [2.45, 2.75) is 20.4 Å². The third-order valence-electron chi connectivity index (χ3n) is 2.93. The van der Waals surface area contributed by atoms with Crippen molar-refractivity contribution in [2.75, 3.05) is 6.54 Å². The highest BCUT2D eigenvalue weighted by Crippen LogP contribution is 2.09. The quantitative estimate of drug-likeness (QED) is 0.891. The zero-order valence-corrected chi connectivity index (χ0v) is 12.9. The van der Waals surface area contributed by atoms with Crippen molar-refractivity contribution in [3.8, 4) is 0 Å². The number of carbonyl (C=O) groups is 2. The molecule has 0 saturated carbocycles. The third kappa shape index (κ3) is 4.72. The highest BCUT2D eigenvalue weighted by Gasteiger charge is 2.09. The van der Waals surface area contributed by atoms with Gasteiger partial charge in [0.2, 0.25) is 5.91 Å². The van der Waals surface area contributed by atoms with Crippen LogP contribution in [-0.4, -0.2) is 18.4 Å². The van der Waals surface area contributed by atoms with Crippen LogP contribution in [0.25, 0.3) is 0 Å². The first kappa shape index (κ1) is 15.3. The topological polar surface area (TPSA) is 58.2 Å². The highest BCUT2D eigenvalue weighted by molar-refractivity contribution is 7.09. The van der Waals surface area contributed by atoms with Gasteiger partial charge in [-0.15, -0.1) is 11.3 Å². The average Bonchev–Trinajstić information content (AvgIpc) is 2.94. The van der Waals surface area contributed by atoms with Crippen molar-refractivity contribution in [2.24, 2.45) is 0 Å². The summed E-state index contributed by atoms with van der Waals surface area (Å²) >= 11 is 1.59. The average molecular weight is 302 g/mol. The molecule has 0 aliphatic heterocycles. The summed E-state index contributed by atoms with van der Waals surface area (Å²) in [5.41, 5.74) is 2.64. The van der Waals surface area contributed by atoms with Crippen molar-refractivity contribution in [1.82, 2.24) is 10.6 Å². The lowest BCUT2D eigenvalue weighted by atomic mass is 10.1. The molecule has 1 aromatic carbocycles. The molecule has 2 rings (SSSR count). The number of rotatable bonds is 5. The maximum atomic E-state index is 12.0. The first-order valence-electron chi connectivity index (χ1n) is 6.70. The van der Waals surface area contributed by atoms with E-state index < -0.39 is 0 Å². The van der Waals surface area contributed by atoms with Gasteiger partial charge in [-0.3, -0.25) is 9.59 Å². The van der Waals surface area contributed by atoms with Gasteiger partial charge in [0, 0.05) is 10.4 Å². The highest BCUT2D eigenvalue weighted by atomic mass is 32.1. The molecular weight excluding hydrogens is 284 g/mol. The minimum atomic E-state index is -0.229. The van der Waals surface area contributed by atoms with E-state index >= 15 is 0 Å². The van der Waals surface area contributed by atoms with Crippen LogP contribution in [-0.2, 0) is 11.3 Å². The molecule has 0 saturated heterocycles. The predicted molar refractivity (Wildman–Crippen MR) is 84.4 cm³/mol. The van der Waals surface area contributed by atoms with Gasteiger partial charge in [0.25, 0.3) is 5.91 Å². The lowest BCUT2D eigenvalue weighted by Crippen LogP contribution is -2.36. The summed E-state index contributed by atoms with van der Waals surface area (Å²) in [5, 5.41) is 7.37. The predicted octanol–water partition coefficient (Wildman–Crippen LogP) is 2.41. The maximum absolute atomic E-state index is 12.0. The Bertz CT molecular complexity index is 615. The Morgan fingerprint density at radius 2 is 1.81 bits per heavy atom. The number of benzene rings is 1. The second-order valence-electron chi connectivity index (χ2n) is 4.92. The van der Waals surface area contributed by atoms with E-state index in [0.717, 1.165) is 16.0 Å². The van der Waals surface area contributed by atoms with Gasteiger partial charge in [-0.1, -0.05) is 23.3 Å². The van der Waals surface area contributed by atoms with Crippen LogP contribution in [0.15, 0.2) is 35.7 Å². The summed E-state index contributed by atoms with van der Waals surface area (Å²) in [6, 6.07) is 9.52. The minimum absolute atomic E-state index is 0.0167. The van der Waals surface area contributed by atoms with Crippen LogP contribution in [0, 0.1) is 13.8 Å². The van der Waals surface area contributed by atoms with E-state index in [0.29, 0.717) is 12.1 Å². The van der Waals surface area contributed by atoms with Crippen LogP contribution < -0.4 is 10.6 Å². The van der Waals surface area contributed by atoms with Crippen molar-refractivity contribution in [3.05, 3.63) is 57.3 Å². The Hall–Kier alpha value is -2.14. The number of thiophene rings is 1. The van der Waals surface area contributed by atoms with Gasteiger partial charge in [-0.25, -0.2) is 0 Å². The molecule has 4 nitrogen and oxygen atoms in total. The minimum Gasteiger partial charge on any atom is -0.350 e. The standard InChI is InChI=1S/C16H18N2O2S/c1-11-6-12(2)8-13(7-11)16(20)18-10-15(19)17-9-14-4-3-5-21-14/h3-8H,9-10H2,1-2H3,(H,17,19)(H,18,20). The van der Waals surface area contributed by atoms with Crippen LogP contribution in [0.5, 0.6) is 0 Å².